The van der Waals surface area contributed by atoms with Gasteiger partial charge < -0.3 is 15.4 Å². The average Bonchev–Trinajstić information content (AvgIpc) is 2.09. The topological polar surface area (TPSA) is 67.4 Å². The van der Waals surface area contributed by atoms with Crippen LogP contribution in [0.1, 0.15) is 6.92 Å². The van der Waals surface area contributed by atoms with Crippen LogP contribution >= 0.6 is 0 Å². The van der Waals surface area contributed by atoms with Crippen molar-refractivity contribution >= 4 is 11.9 Å². The molecule has 0 aromatic heterocycles. The van der Waals surface area contributed by atoms with Crippen LogP contribution in [-0.4, -0.2) is 31.6 Å². The standard InChI is InChI=1S/C8H12N2O3/c1-2-13-8(12)3-6-4-10-7(11)5-9-6/h3,9H,2,4-5H2,1H3,(H,10,11)/b6-3-. The van der Waals surface area contributed by atoms with Gasteiger partial charge in [-0.3, -0.25) is 4.79 Å². The summed E-state index contributed by atoms with van der Waals surface area (Å²) in [4.78, 5) is 21.6. The van der Waals surface area contributed by atoms with E-state index in [1.165, 1.54) is 6.08 Å². The first kappa shape index (κ1) is 9.57. The zero-order valence-electron chi connectivity index (χ0n) is 7.42. The van der Waals surface area contributed by atoms with Crippen molar-refractivity contribution < 1.29 is 14.3 Å². The van der Waals surface area contributed by atoms with E-state index in [1.54, 1.807) is 6.92 Å². The molecule has 0 spiro atoms. The molecule has 1 aliphatic heterocycles. The van der Waals surface area contributed by atoms with E-state index in [-0.39, 0.29) is 18.4 Å². The predicted octanol–water partition coefficient (Wildman–Crippen LogP) is -0.847. The van der Waals surface area contributed by atoms with E-state index >= 15 is 0 Å². The van der Waals surface area contributed by atoms with Crippen LogP contribution in [0.15, 0.2) is 11.8 Å². The van der Waals surface area contributed by atoms with Gasteiger partial charge >= 0.3 is 5.97 Å². The minimum Gasteiger partial charge on any atom is -0.463 e. The molecule has 13 heavy (non-hydrogen) atoms. The van der Waals surface area contributed by atoms with E-state index in [1.807, 2.05) is 0 Å². The van der Waals surface area contributed by atoms with E-state index in [4.69, 9.17) is 4.74 Å². The molecule has 0 atom stereocenters. The predicted molar refractivity (Wildman–Crippen MR) is 45.7 cm³/mol. The fourth-order valence-electron chi connectivity index (χ4n) is 0.941. The molecule has 2 N–H and O–H groups in total. The molecule has 1 saturated heterocycles. The van der Waals surface area contributed by atoms with Crippen molar-refractivity contribution in [2.45, 2.75) is 6.92 Å². The molecule has 0 saturated carbocycles. The zero-order valence-corrected chi connectivity index (χ0v) is 7.42. The summed E-state index contributed by atoms with van der Waals surface area (Å²) >= 11 is 0. The lowest BCUT2D eigenvalue weighted by molar-refractivity contribution is -0.137. The number of hydrogen-bond donors (Lipinski definition) is 2. The molecule has 0 bridgehead atoms. The lowest BCUT2D eigenvalue weighted by atomic mass is 10.3. The second-order valence-electron chi connectivity index (χ2n) is 2.55. The van der Waals surface area contributed by atoms with Gasteiger partial charge in [0.05, 0.1) is 19.7 Å². The Morgan fingerprint density at radius 2 is 2.31 bits per heavy atom. The summed E-state index contributed by atoms with van der Waals surface area (Å²) in [6, 6.07) is 0. The summed E-state index contributed by atoms with van der Waals surface area (Å²) in [7, 11) is 0. The number of hydrogen-bond acceptors (Lipinski definition) is 4. The van der Waals surface area contributed by atoms with Crippen LogP contribution < -0.4 is 10.6 Å². The van der Waals surface area contributed by atoms with Crippen LogP contribution in [0.4, 0.5) is 0 Å². The number of esters is 1. The molecule has 5 nitrogen and oxygen atoms in total. The average molecular weight is 184 g/mol. The summed E-state index contributed by atoms with van der Waals surface area (Å²) < 4.78 is 4.70. The molecule has 1 fully saturated rings. The van der Waals surface area contributed by atoms with E-state index in [0.29, 0.717) is 18.8 Å². The van der Waals surface area contributed by atoms with Crippen molar-refractivity contribution in [3.63, 3.8) is 0 Å². The largest absolute Gasteiger partial charge is 0.463 e. The molecule has 0 aliphatic carbocycles. The number of ether oxygens (including phenoxy) is 1. The normalized spacial score (nSPS) is 19.2. The van der Waals surface area contributed by atoms with Crippen LogP contribution in [0.3, 0.4) is 0 Å². The number of piperazine rings is 1. The number of carbonyl (C=O) groups is 2. The van der Waals surface area contributed by atoms with E-state index in [9.17, 15) is 9.59 Å². The Labute approximate surface area is 76.1 Å². The van der Waals surface area contributed by atoms with Crippen LogP contribution in [0, 0.1) is 0 Å². The molecule has 1 heterocycles. The highest BCUT2D eigenvalue weighted by Gasteiger charge is 2.11. The van der Waals surface area contributed by atoms with Crippen LogP contribution in [0.25, 0.3) is 0 Å². The summed E-state index contributed by atoms with van der Waals surface area (Å²) in [6.45, 7) is 2.67. The van der Waals surface area contributed by atoms with Crippen molar-refractivity contribution in [3.05, 3.63) is 11.8 Å². The first-order valence-corrected chi connectivity index (χ1v) is 4.10. The fraction of sp³-hybridized carbons (Fsp3) is 0.500. The van der Waals surface area contributed by atoms with Crippen molar-refractivity contribution in [1.29, 1.82) is 0 Å². The highest BCUT2D eigenvalue weighted by Crippen LogP contribution is 1.93. The Kier molecular flexibility index (Phi) is 3.31. The molecule has 0 aromatic carbocycles. The van der Waals surface area contributed by atoms with Gasteiger partial charge in [0.1, 0.15) is 0 Å². The molecule has 1 rings (SSSR count). The number of nitrogens with one attached hydrogen (secondary N) is 2. The number of carbonyl (C=O) groups excluding carboxylic acids is 2. The zero-order chi connectivity index (χ0) is 9.68. The third kappa shape index (κ3) is 3.14. The Morgan fingerprint density at radius 3 is 2.85 bits per heavy atom. The minimum atomic E-state index is -0.388. The van der Waals surface area contributed by atoms with Gasteiger partial charge in [-0.2, -0.15) is 0 Å². The fourth-order valence-corrected chi connectivity index (χ4v) is 0.941. The van der Waals surface area contributed by atoms with Crippen LogP contribution in [0.2, 0.25) is 0 Å². The van der Waals surface area contributed by atoms with Gasteiger partial charge in [0.25, 0.3) is 0 Å². The molecule has 0 unspecified atom stereocenters. The van der Waals surface area contributed by atoms with E-state index in [0.717, 1.165) is 0 Å². The third-order valence-electron chi connectivity index (χ3n) is 1.53. The van der Waals surface area contributed by atoms with Crippen molar-refractivity contribution in [3.8, 4) is 0 Å². The second-order valence-corrected chi connectivity index (χ2v) is 2.55. The Hall–Kier alpha value is -1.52. The maximum absolute atomic E-state index is 10.9. The van der Waals surface area contributed by atoms with E-state index in [2.05, 4.69) is 10.6 Å². The van der Waals surface area contributed by atoms with Crippen LogP contribution in [0.5, 0.6) is 0 Å². The smallest absolute Gasteiger partial charge is 0.332 e. The van der Waals surface area contributed by atoms with Crippen molar-refractivity contribution in [2.75, 3.05) is 19.7 Å². The van der Waals surface area contributed by atoms with Gasteiger partial charge in [-0.05, 0) is 6.92 Å². The lowest BCUT2D eigenvalue weighted by Crippen LogP contribution is -2.43. The van der Waals surface area contributed by atoms with Gasteiger partial charge in [0.15, 0.2) is 0 Å². The summed E-state index contributed by atoms with van der Waals surface area (Å²) in [5.74, 6) is -0.456. The van der Waals surface area contributed by atoms with Crippen molar-refractivity contribution in [2.24, 2.45) is 0 Å². The quantitative estimate of drug-likeness (QED) is 0.433. The van der Waals surface area contributed by atoms with E-state index < -0.39 is 0 Å². The van der Waals surface area contributed by atoms with Gasteiger partial charge in [-0.1, -0.05) is 0 Å². The molecular weight excluding hydrogens is 172 g/mol. The van der Waals surface area contributed by atoms with Gasteiger partial charge in [-0.15, -0.1) is 0 Å². The highest BCUT2D eigenvalue weighted by atomic mass is 16.5. The number of amides is 1. The maximum atomic E-state index is 10.9. The second kappa shape index (κ2) is 4.49. The summed E-state index contributed by atoms with van der Waals surface area (Å²) in [5, 5.41) is 5.41. The number of rotatable bonds is 2. The molecule has 1 amide bonds. The van der Waals surface area contributed by atoms with Crippen molar-refractivity contribution in [1.82, 2.24) is 10.6 Å². The molecule has 0 radical (unpaired) electrons. The molecular formula is C8H12N2O3. The molecule has 0 aromatic rings. The summed E-state index contributed by atoms with van der Waals surface area (Å²) in [6.07, 6.45) is 1.35. The van der Waals surface area contributed by atoms with Gasteiger partial charge in [-0.25, -0.2) is 4.79 Å². The third-order valence-corrected chi connectivity index (χ3v) is 1.53. The lowest BCUT2D eigenvalue weighted by Gasteiger charge is -2.17. The SMILES string of the molecule is CCOC(=O)/C=C1/CNC(=O)CN1. The maximum Gasteiger partial charge on any atom is 0.332 e. The molecule has 1 aliphatic rings. The monoisotopic (exact) mass is 184 g/mol. The van der Waals surface area contributed by atoms with Crippen LogP contribution in [-0.2, 0) is 14.3 Å². The first-order valence-electron chi connectivity index (χ1n) is 4.10. The first-order chi connectivity index (χ1) is 6.22. The minimum absolute atomic E-state index is 0.0685. The van der Waals surface area contributed by atoms with Gasteiger partial charge in [0.2, 0.25) is 5.91 Å². The summed E-state index contributed by atoms with van der Waals surface area (Å²) in [5.41, 5.74) is 0.679. The molecule has 72 valence electrons. The Balaban J connectivity index is 2.43. The Morgan fingerprint density at radius 1 is 1.54 bits per heavy atom. The van der Waals surface area contributed by atoms with Gasteiger partial charge in [0, 0.05) is 11.8 Å². The molecule has 5 heteroatoms. The highest BCUT2D eigenvalue weighted by molar-refractivity contribution is 5.84. The Bertz CT molecular complexity index is 236.